The zero-order valence-corrected chi connectivity index (χ0v) is 27.3. The van der Waals surface area contributed by atoms with E-state index in [2.05, 4.69) is 175 Å². The third-order valence-electron chi connectivity index (χ3n) is 9.66. The van der Waals surface area contributed by atoms with Crippen LogP contribution in [-0.4, -0.2) is 0 Å². The van der Waals surface area contributed by atoms with E-state index in [1.54, 1.807) is 0 Å². The lowest BCUT2D eigenvalue weighted by Crippen LogP contribution is -2.10. The Morgan fingerprint density at radius 3 is 2.04 bits per heavy atom. The van der Waals surface area contributed by atoms with Crippen molar-refractivity contribution in [1.29, 1.82) is 0 Å². The SMILES string of the molecule is c1ccc(-c2cccc3c2sc2cccc(N(c4ccc(-c5ccc6ccccc6c5)cc4)c4cccc5c4oc4ccccc45)c23)cc1. The maximum absolute atomic E-state index is 6.66. The molecule has 0 amide bonds. The van der Waals surface area contributed by atoms with Gasteiger partial charge < -0.3 is 9.32 Å². The third kappa shape index (κ3) is 4.55. The highest BCUT2D eigenvalue weighted by molar-refractivity contribution is 7.26. The van der Waals surface area contributed by atoms with Gasteiger partial charge in [-0.3, -0.25) is 0 Å². The summed E-state index contributed by atoms with van der Waals surface area (Å²) in [6, 6.07) is 63.1. The van der Waals surface area contributed by atoms with Gasteiger partial charge in [0.15, 0.2) is 5.58 Å². The van der Waals surface area contributed by atoms with Crippen LogP contribution in [0.5, 0.6) is 0 Å². The largest absolute Gasteiger partial charge is 0.454 e. The van der Waals surface area contributed by atoms with Crippen LogP contribution >= 0.6 is 11.3 Å². The zero-order valence-electron chi connectivity index (χ0n) is 26.5. The second-order valence-electron chi connectivity index (χ2n) is 12.5. The topological polar surface area (TPSA) is 16.4 Å². The Hall–Kier alpha value is -6.16. The van der Waals surface area contributed by atoms with E-state index in [1.807, 2.05) is 17.4 Å². The third-order valence-corrected chi connectivity index (χ3v) is 10.9. The van der Waals surface area contributed by atoms with Crippen molar-refractivity contribution < 1.29 is 4.42 Å². The Balaban J connectivity index is 1.21. The predicted octanol–water partition coefficient (Wildman–Crippen LogP) is 13.9. The normalized spacial score (nSPS) is 11.7. The molecule has 0 N–H and O–H groups in total. The second kappa shape index (κ2) is 11.2. The first kappa shape index (κ1) is 27.9. The summed E-state index contributed by atoms with van der Waals surface area (Å²) in [7, 11) is 0. The lowest BCUT2D eigenvalue weighted by Gasteiger charge is -2.26. The van der Waals surface area contributed by atoms with Crippen LogP contribution in [0.3, 0.4) is 0 Å². The molecular weight excluding hydrogens is 615 g/mol. The van der Waals surface area contributed by atoms with Crippen molar-refractivity contribution in [1.82, 2.24) is 0 Å². The maximum atomic E-state index is 6.66. The summed E-state index contributed by atoms with van der Waals surface area (Å²) in [5.41, 5.74) is 9.86. The molecule has 10 rings (SSSR count). The van der Waals surface area contributed by atoms with Gasteiger partial charge in [0.25, 0.3) is 0 Å². The lowest BCUT2D eigenvalue weighted by atomic mass is 10.00. The van der Waals surface area contributed by atoms with Crippen molar-refractivity contribution in [3.8, 4) is 22.3 Å². The summed E-state index contributed by atoms with van der Waals surface area (Å²) in [6.07, 6.45) is 0. The van der Waals surface area contributed by atoms with E-state index in [1.165, 1.54) is 53.2 Å². The van der Waals surface area contributed by atoms with Gasteiger partial charge in [-0.25, -0.2) is 0 Å². The number of benzene rings is 8. The van der Waals surface area contributed by atoms with Crippen LogP contribution in [0.4, 0.5) is 17.1 Å². The first-order valence-corrected chi connectivity index (χ1v) is 17.4. The molecule has 0 saturated carbocycles. The van der Waals surface area contributed by atoms with E-state index in [9.17, 15) is 0 Å². The first-order valence-electron chi connectivity index (χ1n) is 16.6. The molecule has 0 bridgehead atoms. The first-order chi connectivity index (χ1) is 24.3. The molecule has 0 atom stereocenters. The van der Waals surface area contributed by atoms with Crippen LogP contribution in [0.15, 0.2) is 180 Å². The van der Waals surface area contributed by atoms with E-state index in [4.69, 9.17) is 4.42 Å². The number of rotatable bonds is 5. The van der Waals surface area contributed by atoms with Crippen molar-refractivity contribution in [3.63, 3.8) is 0 Å². The number of hydrogen-bond acceptors (Lipinski definition) is 3. The van der Waals surface area contributed by atoms with Crippen molar-refractivity contribution >= 4 is 81.3 Å². The van der Waals surface area contributed by atoms with Crippen LogP contribution in [0.25, 0.3) is 75.1 Å². The van der Waals surface area contributed by atoms with Crippen molar-refractivity contribution in [2.24, 2.45) is 0 Å². The van der Waals surface area contributed by atoms with Gasteiger partial charge in [0.05, 0.1) is 11.4 Å². The smallest absolute Gasteiger partial charge is 0.159 e. The Kier molecular flexibility index (Phi) is 6.39. The molecule has 0 saturated heterocycles. The highest BCUT2D eigenvalue weighted by Gasteiger charge is 2.23. The lowest BCUT2D eigenvalue weighted by molar-refractivity contribution is 0.669. The van der Waals surface area contributed by atoms with Crippen LogP contribution in [0, 0.1) is 0 Å². The Bertz CT molecular complexity index is 2830. The Morgan fingerprint density at radius 2 is 1.14 bits per heavy atom. The minimum Gasteiger partial charge on any atom is -0.454 e. The summed E-state index contributed by atoms with van der Waals surface area (Å²) in [6.45, 7) is 0. The monoisotopic (exact) mass is 643 g/mol. The number of para-hydroxylation sites is 2. The van der Waals surface area contributed by atoms with Gasteiger partial charge in [-0.1, -0.05) is 133 Å². The molecule has 0 unspecified atom stereocenters. The van der Waals surface area contributed by atoms with Gasteiger partial charge in [0.1, 0.15) is 5.58 Å². The molecule has 0 aliphatic carbocycles. The molecule has 2 nitrogen and oxygen atoms in total. The van der Waals surface area contributed by atoms with Crippen LogP contribution in [0.2, 0.25) is 0 Å². The second-order valence-corrected chi connectivity index (χ2v) is 13.5. The minimum atomic E-state index is 0.879. The fraction of sp³-hybridized carbons (Fsp3) is 0. The van der Waals surface area contributed by atoms with Gasteiger partial charge in [0, 0.05) is 36.6 Å². The van der Waals surface area contributed by atoms with E-state index >= 15 is 0 Å². The molecule has 0 aliphatic heterocycles. The molecule has 49 heavy (non-hydrogen) atoms. The Labute approximate surface area is 287 Å². The molecule has 8 aromatic carbocycles. The number of thiophene rings is 1. The molecule has 10 aromatic rings. The van der Waals surface area contributed by atoms with Crippen molar-refractivity contribution in [2.45, 2.75) is 0 Å². The van der Waals surface area contributed by atoms with Gasteiger partial charge in [-0.05, 0) is 75.5 Å². The fourth-order valence-corrected chi connectivity index (χ4v) is 8.61. The average Bonchev–Trinajstić information content (AvgIpc) is 3.75. The standard InChI is InChI=1S/C46H29NOS/c1-2-12-32(13-3-1)36-16-8-18-39-44-40(19-10-22-43(44)49-46(36)39)47(41-20-9-17-38-37-15-6-7-21-42(37)48-45(38)41)35-27-25-31(26-28-35)34-24-23-30-11-4-5-14-33(30)29-34/h1-29H. The van der Waals surface area contributed by atoms with Gasteiger partial charge in [-0.15, -0.1) is 11.3 Å². The van der Waals surface area contributed by atoms with Gasteiger partial charge in [0.2, 0.25) is 0 Å². The number of fused-ring (bicyclic) bond motifs is 7. The molecule has 2 aromatic heterocycles. The number of nitrogens with zero attached hydrogens (tertiary/aromatic N) is 1. The Morgan fingerprint density at radius 1 is 0.449 bits per heavy atom. The number of furan rings is 1. The highest BCUT2D eigenvalue weighted by atomic mass is 32.1. The maximum Gasteiger partial charge on any atom is 0.159 e. The number of anilines is 3. The predicted molar refractivity (Wildman–Crippen MR) is 210 cm³/mol. The summed E-state index contributed by atoms with van der Waals surface area (Å²) in [4.78, 5) is 2.39. The quantitative estimate of drug-likeness (QED) is 0.186. The van der Waals surface area contributed by atoms with Gasteiger partial charge in [-0.2, -0.15) is 0 Å². The van der Waals surface area contributed by atoms with E-state index in [0.29, 0.717) is 0 Å². The zero-order chi connectivity index (χ0) is 32.3. The van der Waals surface area contributed by atoms with E-state index in [0.717, 1.165) is 39.0 Å². The van der Waals surface area contributed by atoms with E-state index in [-0.39, 0.29) is 0 Å². The van der Waals surface area contributed by atoms with Crippen LogP contribution < -0.4 is 4.90 Å². The van der Waals surface area contributed by atoms with Crippen LogP contribution in [-0.2, 0) is 0 Å². The molecule has 2 heterocycles. The minimum absolute atomic E-state index is 0.879. The molecule has 230 valence electrons. The van der Waals surface area contributed by atoms with Crippen molar-refractivity contribution in [3.05, 3.63) is 176 Å². The highest BCUT2D eigenvalue weighted by Crippen LogP contribution is 2.49. The van der Waals surface area contributed by atoms with Crippen LogP contribution in [0.1, 0.15) is 0 Å². The fourth-order valence-electron chi connectivity index (χ4n) is 7.35. The van der Waals surface area contributed by atoms with Gasteiger partial charge >= 0.3 is 0 Å². The summed E-state index contributed by atoms with van der Waals surface area (Å²) >= 11 is 1.86. The van der Waals surface area contributed by atoms with E-state index < -0.39 is 0 Å². The summed E-state index contributed by atoms with van der Waals surface area (Å²) < 4.78 is 9.21. The molecule has 3 heteroatoms. The summed E-state index contributed by atoms with van der Waals surface area (Å²) in [5, 5.41) is 7.23. The number of hydrogen-bond donors (Lipinski definition) is 0. The van der Waals surface area contributed by atoms with Crippen molar-refractivity contribution in [2.75, 3.05) is 4.90 Å². The molecular formula is C46H29NOS. The molecule has 0 spiro atoms. The molecule has 0 fully saturated rings. The average molecular weight is 644 g/mol. The summed E-state index contributed by atoms with van der Waals surface area (Å²) in [5.74, 6) is 0. The molecule has 0 aliphatic rings. The molecule has 0 radical (unpaired) electrons.